The van der Waals surface area contributed by atoms with Crippen molar-refractivity contribution in [3.8, 4) is 0 Å². The predicted molar refractivity (Wildman–Crippen MR) is 84.9 cm³/mol. The fourth-order valence-corrected chi connectivity index (χ4v) is 3.65. The van der Waals surface area contributed by atoms with Crippen LogP contribution in [0.2, 0.25) is 0 Å². The largest absolute Gasteiger partial charge is 0.388 e. The number of aliphatic hydroxyl groups is 1. The molecule has 0 aromatic heterocycles. The van der Waals surface area contributed by atoms with Gasteiger partial charge in [0.25, 0.3) is 0 Å². The van der Waals surface area contributed by atoms with Crippen molar-refractivity contribution in [2.75, 3.05) is 31.1 Å². The van der Waals surface area contributed by atoms with Gasteiger partial charge in [-0.15, -0.1) is 0 Å². The molecular weight excluding hydrogens is 286 g/mol. The molecule has 1 aromatic rings. The standard InChI is InChI=1S/C16H25NO3S/c1-2-21(19,20)13-12-17-10-8-15(9-11-17)16(18)14-6-4-3-5-7-14/h3-7,15-16,18H,2,8-13H2,1H3. The molecule has 1 N–H and O–H groups in total. The van der Waals surface area contributed by atoms with Crippen LogP contribution in [0.5, 0.6) is 0 Å². The number of rotatable bonds is 6. The quantitative estimate of drug-likeness (QED) is 0.871. The lowest BCUT2D eigenvalue weighted by Crippen LogP contribution is -2.38. The Kier molecular flexibility index (Phi) is 5.79. The average molecular weight is 311 g/mol. The molecule has 1 aliphatic heterocycles. The van der Waals surface area contributed by atoms with E-state index in [-0.39, 0.29) is 17.4 Å². The van der Waals surface area contributed by atoms with Crippen molar-refractivity contribution in [1.29, 1.82) is 0 Å². The van der Waals surface area contributed by atoms with Gasteiger partial charge in [-0.3, -0.25) is 0 Å². The van der Waals surface area contributed by atoms with Crippen LogP contribution >= 0.6 is 0 Å². The van der Waals surface area contributed by atoms with Crippen LogP contribution in [-0.4, -0.2) is 49.6 Å². The number of aliphatic hydroxyl groups excluding tert-OH is 1. The molecule has 5 heteroatoms. The Labute approximate surface area is 127 Å². The molecule has 1 aliphatic rings. The van der Waals surface area contributed by atoms with Crippen molar-refractivity contribution in [1.82, 2.24) is 4.90 Å². The van der Waals surface area contributed by atoms with Crippen molar-refractivity contribution in [3.63, 3.8) is 0 Å². The highest BCUT2D eigenvalue weighted by molar-refractivity contribution is 7.91. The summed E-state index contributed by atoms with van der Waals surface area (Å²) in [6.07, 6.45) is 1.43. The van der Waals surface area contributed by atoms with Gasteiger partial charge in [0.2, 0.25) is 0 Å². The molecule has 1 saturated heterocycles. The second kappa shape index (κ2) is 7.38. The van der Waals surface area contributed by atoms with Crippen molar-refractivity contribution >= 4 is 9.84 Å². The molecule has 1 aromatic carbocycles. The lowest BCUT2D eigenvalue weighted by atomic mass is 9.87. The Hall–Kier alpha value is -0.910. The van der Waals surface area contributed by atoms with E-state index in [9.17, 15) is 13.5 Å². The lowest BCUT2D eigenvalue weighted by Gasteiger charge is -2.34. The van der Waals surface area contributed by atoms with Crippen LogP contribution in [0.4, 0.5) is 0 Å². The van der Waals surface area contributed by atoms with Crippen LogP contribution in [0.25, 0.3) is 0 Å². The van der Waals surface area contributed by atoms with E-state index in [0.29, 0.717) is 6.54 Å². The fraction of sp³-hybridized carbons (Fsp3) is 0.625. The van der Waals surface area contributed by atoms with Crippen LogP contribution in [0.3, 0.4) is 0 Å². The SMILES string of the molecule is CCS(=O)(=O)CCN1CCC(C(O)c2ccccc2)CC1. The molecule has 4 nitrogen and oxygen atoms in total. The second-order valence-corrected chi connectivity index (χ2v) is 8.24. The molecule has 0 aliphatic carbocycles. The molecule has 118 valence electrons. The van der Waals surface area contributed by atoms with E-state index in [1.54, 1.807) is 6.92 Å². The first kappa shape index (κ1) is 16.5. The van der Waals surface area contributed by atoms with E-state index in [1.165, 1.54) is 0 Å². The summed E-state index contributed by atoms with van der Waals surface area (Å²) in [5.41, 5.74) is 0.976. The number of hydrogen-bond acceptors (Lipinski definition) is 4. The maximum atomic E-state index is 11.5. The Balaban J connectivity index is 1.81. The van der Waals surface area contributed by atoms with Gasteiger partial charge < -0.3 is 10.0 Å². The number of likely N-dealkylation sites (tertiary alicyclic amines) is 1. The summed E-state index contributed by atoms with van der Waals surface area (Å²) >= 11 is 0. The van der Waals surface area contributed by atoms with E-state index in [0.717, 1.165) is 31.5 Å². The van der Waals surface area contributed by atoms with Crippen molar-refractivity contribution in [2.45, 2.75) is 25.9 Å². The van der Waals surface area contributed by atoms with Crippen LogP contribution in [0.1, 0.15) is 31.4 Å². The molecule has 0 radical (unpaired) electrons. The zero-order valence-electron chi connectivity index (χ0n) is 12.6. The minimum Gasteiger partial charge on any atom is -0.388 e. The van der Waals surface area contributed by atoms with Gasteiger partial charge in [0.15, 0.2) is 9.84 Å². The number of piperidine rings is 1. The summed E-state index contributed by atoms with van der Waals surface area (Å²) in [6.45, 7) is 4.05. The molecule has 2 rings (SSSR count). The van der Waals surface area contributed by atoms with Crippen LogP contribution in [0, 0.1) is 5.92 Å². The molecule has 1 unspecified atom stereocenters. The minimum absolute atomic E-state index is 0.218. The number of nitrogens with zero attached hydrogens (tertiary/aromatic N) is 1. The van der Waals surface area contributed by atoms with Crippen molar-refractivity contribution in [2.24, 2.45) is 5.92 Å². The van der Waals surface area contributed by atoms with Gasteiger partial charge in [-0.2, -0.15) is 0 Å². The summed E-state index contributed by atoms with van der Waals surface area (Å²) in [5, 5.41) is 10.4. The van der Waals surface area contributed by atoms with E-state index < -0.39 is 15.9 Å². The Morgan fingerprint density at radius 3 is 2.43 bits per heavy atom. The molecule has 21 heavy (non-hydrogen) atoms. The number of hydrogen-bond donors (Lipinski definition) is 1. The minimum atomic E-state index is -2.88. The third-order valence-electron chi connectivity index (χ3n) is 4.38. The summed E-state index contributed by atoms with van der Waals surface area (Å²) in [5.74, 6) is 0.734. The van der Waals surface area contributed by atoms with Crippen molar-refractivity contribution < 1.29 is 13.5 Å². The molecule has 1 atom stereocenters. The van der Waals surface area contributed by atoms with Gasteiger partial charge >= 0.3 is 0 Å². The van der Waals surface area contributed by atoms with Gasteiger partial charge in [0.1, 0.15) is 0 Å². The predicted octanol–water partition coefficient (Wildman–Crippen LogP) is 1.87. The summed E-state index contributed by atoms with van der Waals surface area (Å²) in [4.78, 5) is 2.20. The van der Waals surface area contributed by atoms with Gasteiger partial charge in [-0.1, -0.05) is 37.3 Å². The molecule has 0 amide bonds. The molecule has 1 heterocycles. The van der Waals surface area contributed by atoms with Crippen molar-refractivity contribution in [3.05, 3.63) is 35.9 Å². The van der Waals surface area contributed by atoms with Crippen LogP contribution in [0.15, 0.2) is 30.3 Å². The zero-order chi connectivity index (χ0) is 15.3. The molecular formula is C16H25NO3S. The van der Waals surface area contributed by atoms with Gasteiger partial charge in [0, 0.05) is 12.3 Å². The topological polar surface area (TPSA) is 57.6 Å². The number of benzene rings is 1. The smallest absolute Gasteiger partial charge is 0.151 e. The first-order valence-corrected chi connectivity index (χ1v) is 9.50. The fourth-order valence-electron chi connectivity index (χ4n) is 2.83. The molecule has 0 spiro atoms. The van der Waals surface area contributed by atoms with Gasteiger partial charge in [-0.25, -0.2) is 8.42 Å². The Morgan fingerprint density at radius 1 is 1.24 bits per heavy atom. The summed E-state index contributed by atoms with van der Waals surface area (Å²) in [7, 11) is -2.88. The Bertz CT molecular complexity index is 522. The highest BCUT2D eigenvalue weighted by Crippen LogP contribution is 2.30. The van der Waals surface area contributed by atoms with Crippen LogP contribution < -0.4 is 0 Å². The van der Waals surface area contributed by atoms with E-state index in [2.05, 4.69) is 4.90 Å². The molecule has 0 saturated carbocycles. The third kappa shape index (κ3) is 4.80. The first-order valence-electron chi connectivity index (χ1n) is 7.67. The third-order valence-corrected chi connectivity index (χ3v) is 6.06. The highest BCUT2D eigenvalue weighted by atomic mass is 32.2. The summed E-state index contributed by atoms with van der Waals surface area (Å²) in [6, 6.07) is 9.77. The monoisotopic (exact) mass is 311 g/mol. The van der Waals surface area contributed by atoms with Gasteiger partial charge in [0.05, 0.1) is 11.9 Å². The maximum Gasteiger partial charge on any atom is 0.151 e. The normalized spacial score (nSPS) is 19.5. The number of sulfone groups is 1. The average Bonchev–Trinajstić information content (AvgIpc) is 2.54. The second-order valence-electron chi connectivity index (χ2n) is 5.77. The highest BCUT2D eigenvalue weighted by Gasteiger charge is 2.26. The van der Waals surface area contributed by atoms with E-state index in [1.807, 2.05) is 30.3 Å². The van der Waals surface area contributed by atoms with E-state index >= 15 is 0 Å². The Morgan fingerprint density at radius 2 is 1.86 bits per heavy atom. The zero-order valence-corrected chi connectivity index (χ0v) is 13.4. The summed E-state index contributed by atoms with van der Waals surface area (Å²) < 4.78 is 23.1. The van der Waals surface area contributed by atoms with Gasteiger partial charge in [-0.05, 0) is 37.4 Å². The molecule has 1 fully saturated rings. The van der Waals surface area contributed by atoms with E-state index in [4.69, 9.17) is 0 Å². The first-order chi connectivity index (χ1) is 10.0. The maximum absolute atomic E-state index is 11.5. The lowest BCUT2D eigenvalue weighted by molar-refractivity contribution is 0.0606. The van der Waals surface area contributed by atoms with Crippen LogP contribution in [-0.2, 0) is 9.84 Å². The molecule has 0 bridgehead atoms.